The van der Waals surface area contributed by atoms with Crippen LogP contribution < -0.4 is 17.0 Å². The maximum atomic E-state index is 13.4. The molecule has 0 spiro atoms. The summed E-state index contributed by atoms with van der Waals surface area (Å²) in [6, 6.07) is 3.81. The number of quaternary nitrogens is 1. The largest absolute Gasteiger partial charge is 1.00 e. The summed E-state index contributed by atoms with van der Waals surface area (Å²) in [4.78, 5) is 14.2. The normalized spacial score (nSPS) is 30.0. The van der Waals surface area contributed by atoms with E-state index in [9.17, 15) is 9.90 Å². The second-order valence-electron chi connectivity index (χ2n) is 9.84. The highest BCUT2D eigenvalue weighted by Crippen LogP contribution is 2.44. The van der Waals surface area contributed by atoms with Gasteiger partial charge < -0.3 is 36.4 Å². The molecule has 7 heteroatoms. The molecule has 5 rings (SSSR count). The summed E-state index contributed by atoms with van der Waals surface area (Å²) < 4.78 is 7.23. The highest BCUT2D eigenvalue weighted by molar-refractivity contribution is 7.10. The first-order valence-electron chi connectivity index (χ1n) is 12.0. The average Bonchev–Trinajstić information content (AvgIpc) is 3.48. The second-order valence-corrected chi connectivity index (χ2v) is 10.8. The number of carbonyl (C=O) groups excluding carboxylic acids is 1. The van der Waals surface area contributed by atoms with E-state index in [2.05, 4.69) is 0 Å². The van der Waals surface area contributed by atoms with Crippen molar-refractivity contribution in [3.63, 3.8) is 0 Å². The lowest BCUT2D eigenvalue weighted by Crippen LogP contribution is -3.00. The van der Waals surface area contributed by atoms with E-state index in [0.717, 1.165) is 80.2 Å². The lowest BCUT2D eigenvalue weighted by atomic mass is 9.82. The molecule has 3 aliphatic heterocycles. The van der Waals surface area contributed by atoms with Gasteiger partial charge in [0, 0.05) is 36.2 Å². The van der Waals surface area contributed by atoms with Crippen molar-refractivity contribution in [2.24, 2.45) is 11.8 Å². The van der Waals surface area contributed by atoms with Crippen molar-refractivity contribution in [1.82, 2.24) is 0 Å². The predicted octanol–water partition coefficient (Wildman–Crippen LogP) is 0.835. The highest BCUT2D eigenvalue weighted by atomic mass is 79.9. The number of unbranched alkanes of at least 4 members (excludes halogenated alkanes) is 3. The van der Waals surface area contributed by atoms with Crippen LogP contribution in [0.2, 0.25) is 0 Å². The molecule has 4 aliphatic rings. The zero-order chi connectivity index (χ0) is 21.0. The molecule has 2 N–H and O–H groups in total. The van der Waals surface area contributed by atoms with Gasteiger partial charge >= 0.3 is 5.97 Å². The summed E-state index contributed by atoms with van der Waals surface area (Å²) in [6.45, 7) is 4.71. The standard InChI is InChI=1S/C24H38NO4S.BrH/c26-16-6-2-1-5-13-25-14-11-19(12-15-25)21(18-25)29-23(27)24(28,20-8-3-4-9-20)22-10-7-17-30-22;/h7,10,17,19-21,26,28H,1-6,8-9,11-16,18H2;1H/q+1;/p-1/t19?,21-,24+,25?;/m0./s1. The van der Waals surface area contributed by atoms with Crippen LogP contribution in [-0.4, -0.2) is 59.6 Å². The Hall–Kier alpha value is -0.470. The van der Waals surface area contributed by atoms with Gasteiger partial charge in [0.05, 0.1) is 19.6 Å². The van der Waals surface area contributed by atoms with Crippen molar-refractivity contribution in [1.29, 1.82) is 0 Å². The van der Waals surface area contributed by atoms with Gasteiger partial charge in [0.1, 0.15) is 6.54 Å². The Labute approximate surface area is 201 Å². The van der Waals surface area contributed by atoms with Crippen LogP contribution in [0.1, 0.15) is 69.1 Å². The molecule has 176 valence electrons. The summed E-state index contributed by atoms with van der Waals surface area (Å²) in [5.74, 6) is 0.00982. The maximum absolute atomic E-state index is 13.4. The van der Waals surface area contributed by atoms with Gasteiger partial charge in [0.15, 0.2) is 11.7 Å². The molecule has 0 amide bonds. The van der Waals surface area contributed by atoms with E-state index in [1.165, 1.54) is 30.8 Å². The number of fused-ring (bicyclic) bond motifs is 3. The molecule has 2 atom stereocenters. The van der Waals surface area contributed by atoms with Gasteiger partial charge in [0.25, 0.3) is 0 Å². The Morgan fingerprint density at radius 1 is 1.13 bits per heavy atom. The Bertz CT molecular complexity index is 686. The van der Waals surface area contributed by atoms with Gasteiger partial charge in [0.2, 0.25) is 0 Å². The molecule has 31 heavy (non-hydrogen) atoms. The van der Waals surface area contributed by atoms with Gasteiger partial charge in [-0.3, -0.25) is 0 Å². The second kappa shape index (κ2) is 11.1. The molecular formula is C24H38BrNO4S. The number of esters is 1. The first-order valence-corrected chi connectivity index (χ1v) is 12.9. The number of ether oxygens (including phenoxy) is 1. The minimum Gasteiger partial charge on any atom is -1.00 e. The predicted molar refractivity (Wildman–Crippen MR) is 118 cm³/mol. The third-order valence-electron chi connectivity index (χ3n) is 7.99. The SMILES string of the molecule is O=C(O[C@H]1C[N+]2(CCCCCCO)CCC1CC2)[C@](O)(c1cccs1)C1CCCC1.[Br-]. The van der Waals surface area contributed by atoms with Crippen molar-refractivity contribution in [3.05, 3.63) is 22.4 Å². The minimum absolute atomic E-state index is 0. The number of piperidine rings is 3. The number of thiophene rings is 1. The topological polar surface area (TPSA) is 66.8 Å². The molecule has 1 aliphatic carbocycles. The van der Waals surface area contributed by atoms with E-state index in [4.69, 9.17) is 9.84 Å². The number of aliphatic hydroxyl groups is 2. The fraction of sp³-hybridized carbons (Fsp3) is 0.792. The van der Waals surface area contributed by atoms with Crippen molar-refractivity contribution in [2.45, 2.75) is 75.9 Å². The third kappa shape index (κ3) is 5.37. The summed E-state index contributed by atoms with van der Waals surface area (Å²) in [7, 11) is 0. The zero-order valence-electron chi connectivity index (χ0n) is 18.5. The van der Waals surface area contributed by atoms with Crippen molar-refractivity contribution in [2.75, 3.05) is 32.8 Å². The lowest BCUT2D eigenvalue weighted by molar-refractivity contribution is -0.946. The molecule has 3 saturated heterocycles. The molecule has 1 saturated carbocycles. The van der Waals surface area contributed by atoms with E-state index in [1.807, 2.05) is 17.5 Å². The Morgan fingerprint density at radius 3 is 2.48 bits per heavy atom. The summed E-state index contributed by atoms with van der Waals surface area (Å²) >= 11 is 1.47. The summed E-state index contributed by atoms with van der Waals surface area (Å²) in [6.07, 6.45) is 10.4. The van der Waals surface area contributed by atoms with Crippen LogP contribution in [0.3, 0.4) is 0 Å². The number of rotatable bonds is 10. The van der Waals surface area contributed by atoms with Gasteiger partial charge in [-0.2, -0.15) is 0 Å². The molecule has 0 aromatic carbocycles. The van der Waals surface area contributed by atoms with Crippen molar-refractivity contribution >= 4 is 17.3 Å². The number of nitrogens with zero attached hydrogens (tertiary/aromatic N) is 1. The number of aliphatic hydroxyl groups excluding tert-OH is 1. The highest BCUT2D eigenvalue weighted by Gasteiger charge is 2.52. The molecule has 5 nitrogen and oxygen atoms in total. The number of carbonyl (C=O) groups is 1. The lowest BCUT2D eigenvalue weighted by Gasteiger charge is -2.52. The summed E-state index contributed by atoms with van der Waals surface area (Å²) in [5, 5.41) is 22.6. The smallest absolute Gasteiger partial charge is 0.344 e. The molecule has 4 heterocycles. The Kier molecular flexibility index (Phi) is 9.01. The van der Waals surface area contributed by atoms with Gasteiger partial charge in [-0.25, -0.2) is 4.79 Å². The van der Waals surface area contributed by atoms with Crippen molar-refractivity contribution in [3.8, 4) is 0 Å². The maximum Gasteiger partial charge on any atom is 0.344 e. The Morgan fingerprint density at radius 2 is 1.84 bits per heavy atom. The van der Waals surface area contributed by atoms with Crippen LogP contribution in [0, 0.1) is 11.8 Å². The number of hydrogen-bond acceptors (Lipinski definition) is 5. The molecule has 2 bridgehead atoms. The monoisotopic (exact) mass is 515 g/mol. The summed E-state index contributed by atoms with van der Waals surface area (Å²) in [5.41, 5.74) is -1.48. The molecule has 0 radical (unpaired) electrons. The van der Waals surface area contributed by atoms with Crippen LogP contribution in [0.15, 0.2) is 17.5 Å². The van der Waals surface area contributed by atoms with Crippen LogP contribution >= 0.6 is 11.3 Å². The van der Waals surface area contributed by atoms with Crippen LogP contribution in [0.25, 0.3) is 0 Å². The first-order chi connectivity index (χ1) is 14.6. The van der Waals surface area contributed by atoms with Crippen LogP contribution in [0.4, 0.5) is 0 Å². The third-order valence-corrected chi connectivity index (χ3v) is 8.99. The molecule has 1 aromatic rings. The van der Waals surface area contributed by atoms with Gasteiger partial charge in [-0.15, -0.1) is 11.3 Å². The molecule has 0 unspecified atom stereocenters. The van der Waals surface area contributed by atoms with E-state index in [0.29, 0.717) is 5.92 Å². The molecule has 4 fully saturated rings. The van der Waals surface area contributed by atoms with Gasteiger partial charge in [-0.05, 0) is 43.6 Å². The quantitative estimate of drug-likeness (QED) is 0.275. The Balaban J connectivity index is 0.00000272. The minimum atomic E-state index is -1.48. The van der Waals surface area contributed by atoms with E-state index < -0.39 is 11.6 Å². The molecule has 1 aromatic heterocycles. The van der Waals surface area contributed by atoms with Gasteiger partial charge in [-0.1, -0.05) is 25.3 Å². The fourth-order valence-electron chi connectivity index (χ4n) is 6.12. The number of halogens is 1. The average molecular weight is 517 g/mol. The van der Waals surface area contributed by atoms with E-state index >= 15 is 0 Å². The van der Waals surface area contributed by atoms with Crippen LogP contribution in [0.5, 0.6) is 0 Å². The fourth-order valence-corrected chi connectivity index (χ4v) is 7.01. The molecular weight excluding hydrogens is 478 g/mol. The van der Waals surface area contributed by atoms with Crippen LogP contribution in [-0.2, 0) is 15.1 Å². The van der Waals surface area contributed by atoms with E-state index in [1.54, 1.807) is 0 Å². The van der Waals surface area contributed by atoms with E-state index in [-0.39, 0.29) is 35.6 Å². The van der Waals surface area contributed by atoms with Crippen molar-refractivity contribution < 1.29 is 41.2 Å². The number of hydrogen-bond donors (Lipinski definition) is 2. The first kappa shape index (κ1) is 25.2. The zero-order valence-corrected chi connectivity index (χ0v) is 20.9.